The van der Waals surface area contributed by atoms with E-state index in [0.717, 1.165) is 12.8 Å². The van der Waals surface area contributed by atoms with Crippen LogP contribution in [0.5, 0.6) is 11.5 Å². The third kappa shape index (κ3) is 3.97. The highest BCUT2D eigenvalue weighted by Crippen LogP contribution is 2.35. The molecule has 5 rings (SSSR count). The van der Waals surface area contributed by atoms with Crippen LogP contribution in [0.1, 0.15) is 29.1 Å². The molecular formula is C23H22FN3O4. The van der Waals surface area contributed by atoms with Crippen molar-refractivity contribution in [1.29, 1.82) is 0 Å². The first-order valence-electron chi connectivity index (χ1n) is 10.4. The van der Waals surface area contributed by atoms with Gasteiger partial charge in [-0.25, -0.2) is 4.39 Å². The molecule has 2 aromatic carbocycles. The largest absolute Gasteiger partial charge is 0.486 e. The van der Waals surface area contributed by atoms with Gasteiger partial charge in [-0.1, -0.05) is 23.4 Å². The molecule has 3 heterocycles. The molecule has 1 aromatic heterocycles. The SMILES string of the molecule is O=C(c1cccc2c1OCCO2)N1CCCC(Cc2nc(-c3ccccc3F)no2)C1. The molecule has 0 aliphatic carbocycles. The maximum Gasteiger partial charge on any atom is 0.257 e. The first-order chi connectivity index (χ1) is 15.2. The van der Waals surface area contributed by atoms with Crippen LogP contribution in [-0.2, 0) is 6.42 Å². The number of nitrogens with zero attached hydrogens (tertiary/aromatic N) is 3. The van der Waals surface area contributed by atoms with Crippen LogP contribution in [0.3, 0.4) is 0 Å². The van der Waals surface area contributed by atoms with E-state index in [0.29, 0.717) is 61.2 Å². The lowest BCUT2D eigenvalue weighted by Crippen LogP contribution is -2.40. The van der Waals surface area contributed by atoms with Crippen LogP contribution in [-0.4, -0.2) is 47.3 Å². The number of fused-ring (bicyclic) bond motifs is 1. The Bertz CT molecular complexity index is 1100. The minimum Gasteiger partial charge on any atom is -0.486 e. The first-order valence-corrected chi connectivity index (χ1v) is 10.4. The number of hydrogen-bond donors (Lipinski definition) is 0. The average molecular weight is 423 g/mol. The van der Waals surface area contributed by atoms with Crippen molar-refractivity contribution in [1.82, 2.24) is 15.0 Å². The highest BCUT2D eigenvalue weighted by molar-refractivity contribution is 5.98. The van der Waals surface area contributed by atoms with Gasteiger partial charge in [0.15, 0.2) is 11.5 Å². The van der Waals surface area contributed by atoms with Crippen molar-refractivity contribution in [3.63, 3.8) is 0 Å². The molecule has 1 saturated heterocycles. The third-order valence-corrected chi connectivity index (χ3v) is 5.65. The van der Waals surface area contributed by atoms with E-state index in [1.807, 2.05) is 17.0 Å². The summed E-state index contributed by atoms with van der Waals surface area (Å²) >= 11 is 0. The summed E-state index contributed by atoms with van der Waals surface area (Å²) in [6, 6.07) is 11.7. The molecule has 0 saturated carbocycles. The monoisotopic (exact) mass is 423 g/mol. The van der Waals surface area contributed by atoms with Gasteiger partial charge in [0, 0.05) is 19.5 Å². The van der Waals surface area contributed by atoms with Crippen LogP contribution in [0.15, 0.2) is 47.0 Å². The van der Waals surface area contributed by atoms with Crippen molar-refractivity contribution >= 4 is 5.91 Å². The van der Waals surface area contributed by atoms with Crippen LogP contribution in [0.4, 0.5) is 4.39 Å². The smallest absolute Gasteiger partial charge is 0.257 e. The van der Waals surface area contributed by atoms with Crippen LogP contribution >= 0.6 is 0 Å². The lowest BCUT2D eigenvalue weighted by Gasteiger charge is -2.33. The van der Waals surface area contributed by atoms with Crippen molar-refractivity contribution in [2.24, 2.45) is 5.92 Å². The quantitative estimate of drug-likeness (QED) is 0.636. The minimum absolute atomic E-state index is 0.0652. The third-order valence-electron chi connectivity index (χ3n) is 5.65. The number of amides is 1. The summed E-state index contributed by atoms with van der Waals surface area (Å²) in [5, 5.41) is 3.93. The number of carbonyl (C=O) groups excluding carboxylic acids is 1. The Morgan fingerprint density at radius 2 is 2.00 bits per heavy atom. The molecule has 31 heavy (non-hydrogen) atoms. The fraction of sp³-hybridized carbons (Fsp3) is 0.348. The van der Waals surface area contributed by atoms with Crippen LogP contribution in [0.25, 0.3) is 11.4 Å². The van der Waals surface area contributed by atoms with Gasteiger partial charge in [-0.05, 0) is 43.0 Å². The predicted octanol–water partition coefficient (Wildman–Crippen LogP) is 3.74. The summed E-state index contributed by atoms with van der Waals surface area (Å²) in [4.78, 5) is 19.4. The lowest BCUT2D eigenvalue weighted by molar-refractivity contribution is 0.0658. The van der Waals surface area contributed by atoms with Crippen molar-refractivity contribution in [2.75, 3.05) is 26.3 Å². The van der Waals surface area contributed by atoms with Crippen molar-refractivity contribution in [2.45, 2.75) is 19.3 Å². The molecule has 7 nitrogen and oxygen atoms in total. The van der Waals surface area contributed by atoms with E-state index in [1.165, 1.54) is 6.07 Å². The molecule has 2 aliphatic rings. The zero-order valence-electron chi connectivity index (χ0n) is 16.9. The number of aromatic nitrogens is 2. The molecule has 1 fully saturated rings. The number of piperidine rings is 1. The molecule has 160 valence electrons. The predicted molar refractivity (Wildman–Crippen MR) is 109 cm³/mol. The molecule has 8 heteroatoms. The summed E-state index contributed by atoms with van der Waals surface area (Å²) in [7, 11) is 0. The number of para-hydroxylation sites is 1. The zero-order valence-corrected chi connectivity index (χ0v) is 16.9. The highest BCUT2D eigenvalue weighted by atomic mass is 19.1. The molecule has 0 bridgehead atoms. The van der Waals surface area contributed by atoms with E-state index in [-0.39, 0.29) is 23.5 Å². The van der Waals surface area contributed by atoms with Crippen LogP contribution < -0.4 is 9.47 Å². The second-order valence-corrected chi connectivity index (χ2v) is 7.78. The van der Waals surface area contributed by atoms with E-state index in [9.17, 15) is 9.18 Å². The molecule has 1 amide bonds. The summed E-state index contributed by atoms with van der Waals surface area (Å²) in [5.41, 5.74) is 0.839. The molecule has 1 unspecified atom stereocenters. The molecule has 2 aliphatic heterocycles. The number of carbonyl (C=O) groups is 1. The molecule has 1 atom stereocenters. The lowest BCUT2D eigenvalue weighted by atomic mass is 9.94. The maximum absolute atomic E-state index is 14.0. The second kappa shape index (κ2) is 8.37. The number of halogens is 1. The second-order valence-electron chi connectivity index (χ2n) is 7.78. The normalized spacial score (nSPS) is 18.1. The topological polar surface area (TPSA) is 77.7 Å². The van der Waals surface area contributed by atoms with Gasteiger partial charge in [0.2, 0.25) is 11.7 Å². The number of likely N-dealkylation sites (tertiary alicyclic amines) is 1. The number of ether oxygens (including phenoxy) is 2. The summed E-state index contributed by atoms with van der Waals surface area (Å²) in [5.74, 6) is 1.55. The molecule has 0 N–H and O–H groups in total. The van der Waals surface area contributed by atoms with Crippen LogP contribution in [0.2, 0.25) is 0 Å². The Morgan fingerprint density at radius 3 is 2.90 bits per heavy atom. The Balaban J connectivity index is 1.28. The van der Waals surface area contributed by atoms with E-state index in [4.69, 9.17) is 14.0 Å². The Hall–Kier alpha value is -3.42. The first kappa shape index (κ1) is 19.5. The van der Waals surface area contributed by atoms with Crippen molar-refractivity contribution in [3.8, 4) is 22.9 Å². The number of rotatable bonds is 4. The number of hydrogen-bond acceptors (Lipinski definition) is 6. The standard InChI is InChI=1S/C23H22FN3O4/c24-18-8-2-1-6-16(18)22-25-20(31-26-22)13-15-5-4-10-27(14-15)23(28)17-7-3-9-19-21(17)30-12-11-29-19/h1-3,6-9,15H,4-5,10-14H2. The van der Waals surface area contributed by atoms with Gasteiger partial charge in [0.25, 0.3) is 5.91 Å². The minimum atomic E-state index is -0.387. The van der Waals surface area contributed by atoms with Gasteiger partial charge in [0.1, 0.15) is 19.0 Å². The number of benzene rings is 2. The summed E-state index contributed by atoms with van der Waals surface area (Å²) in [6.45, 7) is 2.18. The summed E-state index contributed by atoms with van der Waals surface area (Å²) in [6.07, 6.45) is 2.38. The molecule has 3 aromatic rings. The Kier molecular flexibility index (Phi) is 5.28. The fourth-order valence-electron chi connectivity index (χ4n) is 4.17. The van der Waals surface area contributed by atoms with Gasteiger partial charge in [-0.2, -0.15) is 4.98 Å². The zero-order chi connectivity index (χ0) is 21.2. The van der Waals surface area contributed by atoms with E-state index < -0.39 is 0 Å². The van der Waals surface area contributed by atoms with Crippen molar-refractivity contribution in [3.05, 3.63) is 59.7 Å². The molecule has 0 radical (unpaired) electrons. The van der Waals surface area contributed by atoms with Crippen molar-refractivity contribution < 1.29 is 23.2 Å². The molecule has 0 spiro atoms. The average Bonchev–Trinajstić information content (AvgIpc) is 3.27. The molecular weight excluding hydrogens is 401 g/mol. The van der Waals surface area contributed by atoms with Gasteiger partial charge in [-0.15, -0.1) is 0 Å². The van der Waals surface area contributed by atoms with Gasteiger partial charge in [-0.3, -0.25) is 4.79 Å². The fourth-order valence-corrected chi connectivity index (χ4v) is 4.17. The van der Waals surface area contributed by atoms with E-state index >= 15 is 0 Å². The summed E-state index contributed by atoms with van der Waals surface area (Å²) < 4.78 is 30.6. The van der Waals surface area contributed by atoms with E-state index in [1.54, 1.807) is 24.3 Å². The van der Waals surface area contributed by atoms with Gasteiger partial charge < -0.3 is 18.9 Å². The Labute approximate surface area is 178 Å². The maximum atomic E-state index is 14.0. The van der Waals surface area contributed by atoms with Gasteiger partial charge >= 0.3 is 0 Å². The highest BCUT2D eigenvalue weighted by Gasteiger charge is 2.29. The van der Waals surface area contributed by atoms with Gasteiger partial charge in [0.05, 0.1) is 11.1 Å². The van der Waals surface area contributed by atoms with Crippen LogP contribution in [0, 0.1) is 11.7 Å². The van der Waals surface area contributed by atoms with E-state index in [2.05, 4.69) is 10.1 Å². The Morgan fingerprint density at radius 1 is 1.13 bits per heavy atom.